The number of hydrogen-bond donors (Lipinski definition) is 0. The van der Waals surface area contributed by atoms with Crippen molar-refractivity contribution in [2.24, 2.45) is 0 Å². The molecule has 2 aliphatic carbocycles. The van der Waals surface area contributed by atoms with Crippen molar-refractivity contribution in [2.75, 3.05) is 13.2 Å². The Morgan fingerprint density at radius 1 is 0.960 bits per heavy atom. The predicted octanol–water partition coefficient (Wildman–Crippen LogP) is 2.85. The first-order valence-electron chi connectivity index (χ1n) is 9.51. The lowest BCUT2D eigenvalue weighted by Gasteiger charge is -2.30. The lowest BCUT2D eigenvalue weighted by molar-refractivity contribution is -0.205. The standard InChI is InChI=1S/C19H28O6/c1-13(2)17(20)23-16(14-11-21-18(24-14)7-3-4-8-18)15-12-22-19(25-15)9-5-6-10-19/h14-16H,1,3-12H2,2H3. The molecule has 140 valence electrons. The van der Waals surface area contributed by atoms with E-state index in [-0.39, 0.29) is 12.2 Å². The summed E-state index contributed by atoms with van der Waals surface area (Å²) in [7, 11) is 0. The highest BCUT2D eigenvalue weighted by Gasteiger charge is 2.53. The van der Waals surface area contributed by atoms with Gasteiger partial charge < -0.3 is 23.7 Å². The summed E-state index contributed by atoms with van der Waals surface area (Å²) in [5.41, 5.74) is 0.369. The van der Waals surface area contributed by atoms with Gasteiger partial charge in [-0.25, -0.2) is 4.79 Å². The zero-order valence-corrected chi connectivity index (χ0v) is 15.0. The van der Waals surface area contributed by atoms with Gasteiger partial charge in [-0.15, -0.1) is 0 Å². The molecule has 2 spiro atoms. The fourth-order valence-electron chi connectivity index (χ4n) is 4.45. The summed E-state index contributed by atoms with van der Waals surface area (Å²) in [5, 5.41) is 0. The van der Waals surface area contributed by atoms with Crippen LogP contribution in [0, 0.1) is 0 Å². The summed E-state index contributed by atoms with van der Waals surface area (Å²) in [6, 6.07) is 0. The molecule has 2 saturated carbocycles. The van der Waals surface area contributed by atoms with Crippen LogP contribution < -0.4 is 0 Å². The van der Waals surface area contributed by atoms with Crippen molar-refractivity contribution in [3.8, 4) is 0 Å². The summed E-state index contributed by atoms with van der Waals surface area (Å²) in [6.07, 6.45) is 6.83. The van der Waals surface area contributed by atoms with Crippen LogP contribution in [0.1, 0.15) is 58.3 Å². The van der Waals surface area contributed by atoms with Crippen LogP contribution in [0.3, 0.4) is 0 Å². The zero-order valence-electron chi connectivity index (χ0n) is 15.0. The Hall–Kier alpha value is -0.950. The van der Waals surface area contributed by atoms with Crippen molar-refractivity contribution >= 4 is 5.97 Å². The van der Waals surface area contributed by atoms with Gasteiger partial charge in [0.1, 0.15) is 12.2 Å². The first kappa shape index (κ1) is 17.5. The van der Waals surface area contributed by atoms with Crippen molar-refractivity contribution in [3.63, 3.8) is 0 Å². The van der Waals surface area contributed by atoms with E-state index in [0.717, 1.165) is 51.4 Å². The SMILES string of the molecule is C=C(C)C(=O)OC(C1COC2(CCCC2)O1)C1COC2(CCCC2)O1. The molecule has 2 heterocycles. The Morgan fingerprint density at radius 3 is 1.80 bits per heavy atom. The molecular formula is C19H28O6. The molecule has 4 fully saturated rings. The summed E-state index contributed by atoms with van der Waals surface area (Å²) < 4.78 is 30.2. The van der Waals surface area contributed by atoms with E-state index in [9.17, 15) is 4.79 Å². The van der Waals surface area contributed by atoms with E-state index in [2.05, 4.69) is 6.58 Å². The Morgan fingerprint density at radius 2 is 1.40 bits per heavy atom. The molecule has 0 aromatic carbocycles. The van der Waals surface area contributed by atoms with Crippen molar-refractivity contribution in [3.05, 3.63) is 12.2 Å². The van der Waals surface area contributed by atoms with Crippen molar-refractivity contribution in [1.82, 2.24) is 0 Å². The van der Waals surface area contributed by atoms with Crippen molar-refractivity contribution in [1.29, 1.82) is 0 Å². The average Bonchev–Trinajstić information content (AvgIpc) is 3.38. The van der Waals surface area contributed by atoms with Gasteiger partial charge in [0.05, 0.1) is 13.2 Å². The molecule has 2 unspecified atom stereocenters. The second-order valence-corrected chi connectivity index (χ2v) is 7.82. The van der Waals surface area contributed by atoms with Crippen LogP contribution in [0.25, 0.3) is 0 Å². The lowest BCUT2D eigenvalue weighted by atomic mass is 10.1. The second-order valence-electron chi connectivity index (χ2n) is 7.82. The molecule has 2 atom stereocenters. The smallest absolute Gasteiger partial charge is 0.333 e. The van der Waals surface area contributed by atoms with Gasteiger partial charge in [0.15, 0.2) is 17.7 Å². The van der Waals surface area contributed by atoms with E-state index in [1.165, 1.54) is 0 Å². The molecule has 4 rings (SSSR count). The number of carbonyl (C=O) groups is 1. The number of rotatable bonds is 4. The molecule has 6 nitrogen and oxygen atoms in total. The van der Waals surface area contributed by atoms with Gasteiger partial charge in [-0.3, -0.25) is 0 Å². The Bertz CT molecular complexity index is 498. The average molecular weight is 352 g/mol. The lowest BCUT2D eigenvalue weighted by Crippen LogP contribution is -2.45. The molecule has 0 bridgehead atoms. The molecule has 0 N–H and O–H groups in total. The van der Waals surface area contributed by atoms with Crippen LogP contribution in [0.5, 0.6) is 0 Å². The molecule has 0 amide bonds. The molecule has 25 heavy (non-hydrogen) atoms. The van der Waals surface area contributed by atoms with Gasteiger partial charge in [0.25, 0.3) is 0 Å². The number of carbonyl (C=O) groups excluding carboxylic acids is 1. The zero-order chi connectivity index (χ0) is 17.5. The van der Waals surface area contributed by atoms with Gasteiger partial charge in [-0.1, -0.05) is 6.58 Å². The molecule has 0 radical (unpaired) electrons. The van der Waals surface area contributed by atoms with Gasteiger partial charge in [-0.05, 0) is 32.6 Å². The highest BCUT2D eigenvalue weighted by Crippen LogP contribution is 2.44. The van der Waals surface area contributed by atoms with Crippen molar-refractivity contribution < 1.29 is 28.5 Å². The minimum absolute atomic E-state index is 0.327. The topological polar surface area (TPSA) is 63.2 Å². The molecule has 2 saturated heterocycles. The third-order valence-electron chi connectivity index (χ3n) is 5.81. The second kappa shape index (κ2) is 6.65. The molecule has 6 heteroatoms. The van der Waals surface area contributed by atoms with Crippen molar-refractivity contribution in [2.45, 2.75) is 88.2 Å². The van der Waals surface area contributed by atoms with Gasteiger partial charge >= 0.3 is 5.97 Å². The van der Waals surface area contributed by atoms with E-state index in [1.54, 1.807) is 6.92 Å². The maximum atomic E-state index is 12.2. The fourth-order valence-corrected chi connectivity index (χ4v) is 4.45. The Balaban J connectivity index is 1.48. The van der Waals surface area contributed by atoms with Crippen LogP contribution in [0.15, 0.2) is 12.2 Å². The van der Waals surface area contributed by atoms with Crippen LogP contribution in [0.2, 0.25) is 0 Å². The maximum Gasteiger partial charge on any atom is 0.333 e. The third kappa shape index (κ3) is 3.37. The normalized spacial score (nSPS) is 34.0. The third-order valence-corrected chi connectivity index (χ3v) is 5.81. The van der Waals surface area contributed by atoms with Gasteiger partial charge in [-0.2, -0.15) is 0 Å². The first-order valence-corrected chi connectivity index (χ1v) is 9.51. The minimum atomic E-state index is -0.538. The number of hydrogen-bond acceptors (Lipinski definition) is 6. The highest BCUT2D eigenvalue weighted by atomic mass is 16.8. The van der Waals surface area contributed by atoms with Crippen LogP contribution >= 0.6 is 0 Å². The quantitative estimate of drug-likeness (QED) is 0.573. The Kier molecular flexibility index (Phi) is 4.65. The van der Waals surface area contributed by atoms with E-state index in [1.807, 2.05) is 0 Å². The van der Waals surface area contributed by atoms with Gasteiger partial charge in [0.2, 0.25) is 0 Å². The predicted molar refractivity (Wildman–Crippen MR) is 88.7 cm³/mol. The van der Waals surface area contributed by atoms with E-state index >= 15 is 0 Å². The van der Waals surface area contributed by atoms with E-state index < -0.39 is 23.6 Å². The first-order chi connectivity index (χ1) is 12.0. The summed E-state index contributed by atoms with van der Waals surface area (Å²) in [6.45, 7) is 6.17. The summed E-state index contributed by atoms with van der Waals surface area (Å²) in [5.74, 6) is -1.41. The van der Waals surface area contributed by atoms with Crippen LogP contribution in [-0.2, 0) is 28.5 Å². The van der Waals surface area contributed by atoms with Crippen LogP contribution in [0.4, 0.5) is 0 Å². The molecule has 2 aliphatic heterocycles. The number of esters is 1. The monoisotopic (exact) mass is 352 g/mol. The molecule has 4 aliphatic rings. The molecule has 0 aromatic rings. The molecular weight excluding hydrogens is 324 g/mol. The number of ether oxygens (including phenoxy) is 5. The maximum absolute atomic E-state index is 12.2. The van der Waals surface area contributed by atoms with Gasteiger partial charge in [0, 0.05) is 31.3 Å². The fraction of sp³-hybridized carbons (Fsp3) is 0.842. The molecule has 0 aromatic heterocycles. The van der Waals surface area contributed by atoms with E-state index in [4.69, 9.17) is 23.7 Å². The highest BCUT2D eigenvalue weighted by molar-refractivity contribution is 5.87. The van der Waals surface area contributed by atoms with E-state index in [0.29, 0.717) is 18.8 Å². The van der Waals surface area contributed by atoms with Crippen LogP contribution in [-0.4, -0.2) is 49.1 Å². The summed E-state index contributed by atoms with van der Waals surface area (Å²) >= 11 is 0. The Labute approximate surface area is 148 Å². The largest absolute Gasteiger partial charge is 0.453 e. The minimum Gasteiger partial charge on any atom is -0.453 e. The summed E-state index contributed by atoms with van der Waals surface area (Å²) in [4.78, 5) is 12.2.